The van der Waals surface area contributed by atoms with Crippen LogP contribution in [-0.2, 0) is 16.6 Å². The van der Waals surface area contributed by atoms with E-state index in [0.717, 1.165) is 38.3 Å². The van der Waals surface area contributed by atoms with Gasteiger partial charge in [-0.25, -0.2) is 0 Å². The van der Waals surface area contributed by atoms with Gasteiger partial charge in [0.15, 0.2) is 0 Å². The zero-order valence-electron chi connectivity index (χ0n) is 15.0. The fourth-order valence-electron chi connectivity index (χ4n) is 3.76. The summed E-state index contributed by atoms with van der Waals surface area (Å²) in [6.45, 7) is 8.13. The maximum absolute atomic E-state index is 12.1. The summed E-state index contributed by atoms with van der Waals surface area (Å²) in [6.07, 6.45) is 5.03. The van der Waals surface area contributed by atoms with Gasteiger partial charge in [0, 0.05) is 51.9 Å². The van der Waals surface area contributed by atoms with Crippen LogP contribution in [0, 0.1) is 0 Å². The zero-order chi connectivity index (χ0) is 17.1. The number of nitrogens with zero attached hydrogens (tertiary/aromatic N) is 5. The monoisotopic (exact) mass is 335 g/mol. The Kier molecular flexibility index (Phi) is 5.53. The highest BCUT2D eigenvalue weighted by molar-refractivity contribution is 5.74. The Balaban J connectivity index is 1.77. The van der Waals surface area contributed by atoms with Crippen molar-refractivity contribution in [2.75, 3.05) is 52.9 Å². The topological polar surface area (TPSA) is 53.8 Å². The lowest BCUT2D eigenvalue weighted by Crippen LogP contribution is -2.51. The Bertz CT molecular complexity index is 561. The first kappa shape index (κ1) is 17.4. The number of morpholine rings is 1. The fourth-order valence-corrected chi connectivity index (χ4v) is 3.76. The highest BCUT2D eigenvalue weighted by atomic mass is 16.5. The van der Waals surface area contributed by atoms with Crippen LogP contribution in [0.2, 0.25) is 0 Å². The summed E-state index contributed by atoms with van der Waals surface area (Å²) in [5.74, 6) is 0.104. The van der Waals surface area contributed by atoms with Crippen molar-refractivity contribution in [3.05, 3.63) is 18.0 Å². The number of carbonyl (C=O) groups excluding carboxylic acids is 1. The van der Waals surface area contributed by atoms with E-state index in [1.165, 1.54) is 6.42 Å². The summed E-state index contributed by atoms with van der Waals surface area (Å²) < 4.78 is 7.91. The molecule has 0 bridgehead atoms. The molecule has 0 saturated carbocycles. The average molecular weight is 335 g/mol. The van der Waals surface area contributed by atoms with Crippen molar-refractivity contribution in [2.45, 2.75) is 25.5 Å². The minimum absolute atomic E-state index is 0.00439. The number of hydrogen-bond donors (Lipinski definition) is 0. The quantitative estimate of drug-likeness (QED) is 0.798. The van der Waals surface area contributed by atoms with Crippen LogP contribution in [0.25, 0.3) is 0 Å². The maximum Gasteiger partial charge on any atom is 0.220 e. The van der Waals surface area contributed by atoms with Gasteiger partial charge in [0.1, 0.15) is 0 Å². The molecule has 1 aromatic heterocycles. The molecule has 0 unspecified atom stereocenters. The second-order valence-electron chi connectivity index (χ2n) is 6.97. The maximum atomic E-state index is 12.1. The van der Waals surface area contributed by atoms with Crippen molar-refractivity contribution in [2.24, 2.45) is 7.05 Å². The van der Waals surface area contributed by atoms with E-state index < -0.39 is 0 Å². The molecule has 2 aliphatic rings. The molecule has 3 heterocycles. The summed E-state index contributed by atoms with van der Waals surface area (Å²) in [5.41, 5.74) is 1.06. The smallest absolute Gasteiger partial charge is 0.220 e. The third kappa shape index (κ3) is 3.96. The van der Waals surface area contributed by atoms with Gasteiger partial charge in [0.25, 0.3) is 0 Å². The van der Waals surface area contributed by atoms with Crippen molar-refractivity contribution < 1.29 is 9.53 Å². The minimum Gasteiger partial charge on any atom is -0.373 e. The van der Waals surface area contributed by atoms with Gasteiger partial charge in [-0.05, 0) is 26.6 Å². The molecule has 0 N–H and O–H groups in total. The summed E-state index contributed by atoms with van der Waals surface area (Å²) in [4.78, 5) is 18.9. The lowest BCUT2D eigenvalue weighted by Gasteiger charge is -2.42. The molecule has 0 spiro atoms. The van der Waals surface area contributed by atoms with Gasteiger partial charge in [0.2, 0.25) is 5.91 Å². The second-order valence-corrected chi connectivity index (χ2v) is 6.97. The fraction of sp³-hybridized carbons (Fsp3) is 0.765. The van der Waals surface area contributed by atoms with E-state index in [1.807, 2.05) is 24.3 Å². The van der Waals surface area contributed by atoms with Crippen molar-refractivity contribution in [1.82, 2.24) is 24.5 Å². The number of aryl methyl sites for hydroxylation is 1. The summed E-state index contributed by atoms with van der Waals surface area (Å²) in [5, 5.41) is 4.29. The second kappa shape index (κ2) is 7.63. The third-order valence-corrected chi connectivity index (χ3v) is 5.07. The third-order valence-electron chi connectivity index (χ3n) is 5.07. The van der Waals surface area contributed by atoms with Gasteiger partial charge >= 0.3 is 0 Å². The molecular weight excluding hydrogens is 306 g/mol. The predicted octanol–water partition coefficient (Wildman–Crippen LogP) is 0.346. The number of likely N-dealkylation sites (N-methyl/N-ethyl adjacent to an activating group) is 1. The lowest BCUT2D eigenvalue weighted by atomic mass is 10.00. The van der Waals surface area contributed by atoms with E-state index >= 15 is 0 Å². The van der Waals surface area contributed by atoms with Crippen LogP contribution in [0.1, 0.15) is 24.9 Å². The van der Waals surface area contributed by atoms with Gasteiger partial charge in [-0.2, -0.15) is 5.10 Å². The highest BCUT2D eigenvalue weighted by Gasteiger charge is 2.37. The normalized spacial score (nSPS) is 27.2. The molecule has 7 nitrogen and oxygen atoms in total. The first-order valence-corrected chi connectivity index (χ1v) is 8.83. The van der Waals surface area contributed by atoms with Crippen molar-refractivity contribution in [3.8, 4) is 0 Å². The Hall–Kier alpha value is -1.44. The predicted molar refractivity (Wildman–Crippen MR) is 91.6 cm³/mol. The molecule has 7 heteroatoms. The van der Waals surface area contributed by atoms with Crippen LogP contribution < -0.4 is 0 Å². The summed E-state index contributed by atoms with van der Waals surface area (Å²) >= 11 is 0. The first-order chi connectivity index (χ1) is 11.5. The average Bonchev–Trinajstić information content (AvgIpc) is 2.87. The van der Waals surface area contributed by atoms with Crippen LogP contribution in [0.3, 0.4) is 0 Å². The summed E-state index contributed by atoms with van der Waals surface area (Å²) in [6, 6.07) is -0.0501. The molecule has 2 atom stereocenters. The Morgan fingerprint density at radius 2 is 2.08 bits per heavy atom. The number of amides is 1. The zero-order valence-corrected chi connectivity index (χ0v) is 15.0. The first-order valence-electron chi connectivity index (χ1n) is 8.83. The number of aromatic nitrogens is 2. The lowest BCUT2D eigenvalue weighted by molar-refractivity contribution is -0.146. The van der Waals surface area contributed by atoms with Gasteiger partial charge < -0.3 is 14.5 Å². The van der Waals surface area contributed by atoms with E-state index in [4.69, 9.17) is 4.74 Å². The molecule has 0 aliphatic carbocycles. The van der Waals surface area contributed by atoms with E-state index in [9.17, 15) is 4.79 Å². The van der Waals surface area contributed by atoms with Gasteiger partial charge in [-0.3, -0.25) is 14.4 Å². The molecule has 2 fully saturated rings. The molecule has 2 aliphatic heterocycles. The molecule has 0 aromatic carbocycles. The number of rotatable bonds is 3. The number of hydrogen-bond acceptors (Lipinski definition) is 5. The molecular formula is C17H29N5O2. The molecule has 1 amide bonds. The van der Waals surface area contributed by atoms with Crippen LogP contribution in [0.4, 0.5) is 0 Å². The Labute approximate surface area is 144 Å². The molecule has 24 heavy (non-hydrogen) atoms. The van der Waals surface area contributed by atoms with Crippen molar-refractivity contribution >= 4 is 5.91 Å². The molecule has 3 rings (SSSR count). The van der Waals surface area contributed by atoms with E-state index in [1.54, 1.807) is 11.6 Å². The van der Waals surface area contributed by atoms with Crippen molar-refractivity contribution in [3.63, 3.8) is 0 Å². The number of carbonyl (C=O) groups is 1. The summed E-state index contributed by atoms with van der Waals surface area (Å²) in [7, 11) is 4.08. The van der Waals surface area contributed by atoms with Gasteiger partial charge in [-0.15, -0.1) is 0 Å². The van der Waals surface area contributed by atoms with E-state index in [2.05, 4.69) is 21.9 Å². The van der Waals surface area contributed by atoms with Crippen molar-refractivity contribution in [1.29, 1.82) is 0 Å². The molecule has 2 saturated heterocycles. The van der Waals surface area contributed by atoms with Crippen LogP contribution in [0.15, 0.2) is 12.4 Å². The molecule has 1 aromatic rings. The molecule has 0 radical (unpaired) electrons. The largest absolute Gasteiger partial charge is 0.373 e. The van der Waals surface area contributed by atoms with Gasteiger partial charge in [-0.1, -0.05) is 0 Å². The minimum atomic E-state index is -0.0501. The van der Waals surface area contributed by atoms with Crippen LogP contribution in [-0.4, -0.2) is 89.4 Å². The van der Waals surface area contributed by atoms with Crippen LogP contribution >= 0.6 is 0 Å². The Morgan fingerprint density at radius 3 is 2.79 bits per heavy atom. The Morgan fingerprint density at radius 1 is 1.25 bits per heavy atom. The van der Waals surface area contributed by atoms with Crippen LogP contribution in [0.5, 0.6) is 0 Å². The number of ether oxygens (including phenoxy) is 1. The van der Waals surface area contributed by atoms with Gasteiger partial charge in [0.05, 0.1) is 24.9 Å². The molecule has 134 valence electrons. The van der Waals surface area contributed by atoms with E-state index in [0.29, 0.717) is 13.2 Å². The highest BCUT2D eigenvalue weighted by Crippen LogP contribution is 2.30. The standard InChI is InChI=1S/C17H29N5O2/c1-14(23)22-9-10-24-16(17(22)15-11-18-20(3)12-15)13-21-6-4-5-19(2)7-8-21/h11-12,16-17H,4-10,13H2,1-3H3/t16-,17-/m0/s1. The van der Waals surface area contributed by atoms with E-state index in [-0.39, 0.29) is 18.1 Å². The SMILES string of the molecule is CC(=O)N1CCO[C@@H](CN2CCCN(C)CC2)[C@@H]1c1cnn(C)c1.